The van der Waals surface area contributed by atoms with Crippen LogP contribution < -0.4 is 0 Å². The van der Waals surface area contributed by atoms with Crippen molar-refractivity contribution in [2.45, 2.75) is 5.75 Å². The summed E-state index contributed by atoms with van der Waals surface area (Å²) in [7, 11) is 0. The van der Waals surface area contributed by atoms with Crippen molar-refractivity contribution in [2.75, 3.05) is 0 Å². The van der Waals surface area contributed by atoms with Gasteiger partial charge in [-0.15, -0.1) is 0 Å². The first-order chi connectivity index (χ1) is 4.38. The summed E-state index contributed by atoms with van der Waals surface area (Å²) in [5.74, 6) is 0.531. The first-order valence-electron chi connectivity index (χ1n) is 2.41. The number of nitrogens with zero attached hydrogens (tertiary/aromatic N) is 2. The van der Waals surface area contributed by atoms with E-state index in [-0.39, 0.29) is 0 Å². The molecule has 0 amide bonds. The third-order valence-corrected chi connectivity index (χ3v) is 1.31. The maximum absolute atomic E-state index is 8.39. The molecule has 4 heteroatoms. The van der Waals surface area contributed by atoms with Gasteiger partial charge in [0.25, 0.3) is 0 Å². The molecule has 0 radical (unpaired) electrons. The van der Waals surface area contributed by atoms with Crippen LogP contribution in [0.15, 0.2) is 6.20 Å². The fraction of sp³-hybridized carbons (Fsp3) is 0.200. The first kappa shape index (κ1) is 6.17. The highest BCUT2D eigenvalue weighted by Gasteiger charge is 1.98. The Bertz CT molecular complexity index is 235. The predicted octanol–water partition coefficient (Wildman–Crippen LogP) is 0.711. The molecule has 0 aromatic carbocycles. The molecular formula is C5H5N3S. The molecular weight excluding hydrogens is 134 g/mol. The lowest BCUT2D eigenvalue weighted by Crippen LogP contribution is -1.80. The van der Waals surface area contributed by atoms with Crippen molar-refractivity contribution >= 4 is 12.6 Å². The van der Waals surface area contributed by atoms with E-state index in [1.165, 1.54) is 6.20 Å². The zero-order valence-electron chi connectivity index (χ0n) is 4.63. The Morgan fingerprint density at radius 2 is 2.67 bits per heavy atom. The molecule has 0 saturated heterocycles. The van der Waals surface area contributed by atoms with Gasteiger partial charge < -0.3 is 0 Å². The van der Waals surface area contributed by atoms with Gasteiger partial charge in [0.1, 0.15) is 6.07 Å². The first-order valence-corrected chi connectivity index (χ1v) is 3.05. The molecule has 0 spiro atoms. The predicted molar refractivity (Wildman–Crippen MR) is 36.0 cm³/mol. The molecule has 0 fully saturated rings. The van der Waals surface area contributed by atoms with Crippen molar-refractivity contribution in [3.05, 3.63) is 17.5 Å². The summed E-state index contributed by atoms with van der Waals surface area (Å²) in [6.07, 6.45) is 1.49. The zero-order chi connectivity index (χ0) is 6.69. The molecule has 0 bridgehead atoms. The average Bonchev–Trinajstić information content (AvgIpc) is 2.33. The second kappa shape index (κ2) is 2.55. The summed E-state index contributed by atoms with van der Waals surface area (Å²) in [6.45, 7) is 0. The fourth-order valence-corrected chi connectivity index (χ4v) is 0.771. The Hall–Kier alpha value is -0.950. The minimum Gasteiger partial charge on any atom is -0.280 e. The van der Waals surface area contributed by atoms with Crippen LogP contribution in [0.1, 0.15) is 11.3 Å². The summed E-state index contributed by atoms with van der Waals surface area (Å²) in [5, 5.41) is 14.7. The van der Waals surface area contributed by atoms with Crippen molar-refractivity contribution in [1.82, 2.24) is 10.2 Å². The van der Waals surface area contributed by atoms with E-state index in [1.54, 1.807) is 0 Å². The highest BCUT2D eigenvalue weighted by Crippen LogP contribution is 2.03. The molecule has 1 heterocycles. The van der Waals surface area contributed by atoms with E-state index < -0.39 is 0 Å². The van der Waals surface area contributed by atoms with Gasteiger partial charge in [0.05, 0.1) is 17.5 Å². The summed E-state index contributed by atoms with van der Waals surface area (Å²) in [4.78, 5) is 0. The lowest BCUT2D eigenvalue weighted by molar-refractivity contribution is 1.04. The molecule has 9 heavy (non-hydrogen) atoms. The summed E-state index contributed by atoms with van der Waals surface area (Å²) >= 11 is 3.98. The second-order valence-corrected chi connectivity index (χ2v) is 1.85. The van der Waals surface area contributed by atoms with E-state index in [0.29, 0.717) is 11.3 Å². The lowest BCUT2D eigenvalue weighted by Gasteiger charge is -1.84. The lowest BCUT2D eigenvalue weighted by atomic mass is 10.3. The third-order valence-electron chi connectivity index (χ3n) is 0.997. The Labute approximate surface area is 58.1 Å². The van der Waals surface area contributed by atoms with Crippen molar-refractivity contribution in [3.8, 4) is 6.07 Å². The number of hydrogen-bond acceptors (Lipinski definition) is 3. The Balaban J connectivity index is 3.02. The van der Waals surface area contributed by atoms with Gasteiger partial charge in [-0.2, -0.15) is 23.0 Å². The number of hydrogen-bond donors (Lipinski definition) is 2. The molecule has 1 aromatic rings. The molecule has 46 valence electrons. The molecule has 3 nitrogen and oxygen atoms in total. The standard InChI is InChI=1S/C5H5N3S/c6-1-4-2-7-8-5(4)3-9/h2,9H,3H2,(H,7,8). The van der Waals surface area contributed by atoms with Gasteiger partial charge in [-0.3, -0.25) is 5.10 Å². The molecule has 0 aliphatic heterocycles. The van der Waals surface area contributed by atoms with Gasteiger partial charge in [-0.1, -0.05) is 0 Å². The number of nitrogens with one attached hydrogen (secondary N) is 1. The molecule has 1 N–H and O–H groups in total. The molecule has 0 aliphatic carbocycles. The topological polar surface area (TPSA) is 52.5 Å². The van der Waals surface area contributed by atoms with Gasteiger partial charge in [0.15, 0.2) is 0 Å². The number of nitriles is 1. The van der Waals surface area contributed by atoms with Crippen molar-refractivity contribution in [2.24, 2.45) is 0 Å². The minimum atomic E-state index is 0.531. The highest BCUT2D eigenvalue weighted by atomic mass is 32.1. The molecule has 1 aromatic heterocycles. The van der Waals surface area contributed by atoms with Gasteiger partial charge in [0.2, 0.25) is 0 Å². The monoisotopic (exact) mass is 139 g/mol. The van der Waals surface area contributed by atoms with Crippen molar-refractivity contribution < 1.29 is 0 Å². The van der Waals surface area contributed by atoms with Gasteiger partial charge >= 0.3 is 0 Å². The number of H-pyrrole nitrogens is 1. The Morgan fingerprint density at radius 1 is 1.89 bits per heavy atom. The van der Waals surface area contributed by atoms with Crippen LogP contribution in [-0.2, 0) is 5.75 Å². The average molecular weight is 139 g/mol. The van der Waals surface area contributed by atoms with Crippen LogP contribution in [0.3, 0.4) is 0 Å². The van der Waals surface area contributed by atoms with Crippen LogP contribution in [0.2, 0.25) is 0 Å². The molecule has 0 unspecified atom stereocenters. The third kappa shape index (κ3) is 1.06. The maximum atomic E-state index is 8.39. The summed E-state index contributed by atoms with van der Waals surface area (Å²) < 4.78 is 0. The van der Waals surface area contributed by atoms with Crippen LogP contribution in [-0.4, -0.2) is 10.2 Å². The van der Waals surface area contributed by atoms with Gasteiger partial charge in [-0.05, 0) is 0 Å². The molecule has 0 saturated carbocycles. The van der Waals surface area contributed by atoms with Crippen LogP contribution in [0.4, 0.5) is 0 Å². The SMILES string of the molecule is N#Cc1cn[nH]c1CS. The minimum absolute atomic E-state index is 0.531. The van der Waals surface area contributed by atoms with Crippen LogP contribution in [0.5, 0.6) is 0 Å². The van der Waals surface area contributed by atoms with Gasteiger partial charge in [0, 0.05) is 5.75 Å². The molecule has 0 aliphatic rings. The number of aromatic amines is 1. The van der Waals surface area contributed by atoms with E-state index in [4.69, 9.17) is 5.26 Å². The van der Waals surface area contributed by atoms with Crippen molar-refractivity contribution in [3.63, 3.8) is 0 Å². The van der Waals surface area contributed by atoms with E-state index >= 15 is 0 Å². The van der Waals surface area contributed by atoms with Crippen molar-refractivity contribution in [1.29, 1.82) is 5.26 Å². The van der Waals surface area contributed by atoms with E-state index in [1.807, 2.05) is 6.07 Å². The second-order valence-electron chi connectivity index (χ2n) is 1.53. The largest absolute Gasteiger partial charge is 0.280 e. The highest BCUT2D eigenvalue weighted by molar-refractivity contribution is 7.79. The smallest absolute Gasteiger partial charge is 0.103 e. The van der Waals surface area contributed by atoms with E-state index in [2.05, 4.69) is 22.8 Å². The quantitative estimate of drug-likeness (QED) is 0.563. The number of aromatic nitrogens is 2. The van der Waals surface area contributed by atoms with E-state index in [0.717, 1.165) is 5.69 Å². The Morgan fingerprint density at radius 3 is 3.11 bits per heavy atom. The van der Waals surface area contributed by atoms with Crippen LogP contribution >= 0.6 is 12.6 Å². The van der Waals surface area contributed by atoms with Crippen LogP contribution in [0, 0.1) is 11.3 Å². The molecule has 1 rings (SSSR count). The normalized spacial score (nSPS) is 8.89. The number of rotatable bonds is 1. The summed E-state index contributed by atoms with van der Waals surface area (Å²) in [6, 6.07) is 1.98. The van der Waals surface area contributed by atoms with E-state index in [9.17, 15) is 0 Å². The summed E-state index contributed by atoms with van der Waals surface area (Å²) in [5.41, 5.74) is 1.35. The van der Waals surface area contributed by atoms with Crippen LogP contribution in [0.25, 0.3) is 0 Å². The number of thiol groups is 1. The molecule has 0 atom stereocenters. The Kier molecular flexibility index (Phi) is 1.75. The zero-order valence-corrected chi connectivity index (χ0v) is 5.52. The maximum Gasteiger partial charge on any atom is 0.103 e. The van der Waals surface area contributed by atoms with Gasteiger partial charge in [-0.25, -0.2) is 0 Å². The fourth-order valence-electron chi connectivity index (χ4n) is 0.530.